The van der Waals surface area contributed by atoms with Crippen LogP contribution in [0.2, 0.25) is 0 Å². The van der Waals surface area contributed by atoms with Gasteiger partial charge in [-0.3, -0.25) is 4.79 Å². The van der Waals surface area contributed by atoms with Crippen molar-refractivity contribution in [1.82, 2.24) is 9.88 Å². The molecule has 0 bridgehead atoms. The van der Waals surface area contributed by atoms with E-state index in [9.17, 15) is 4.79 Å². The quantitative estimate of drug-likeness (QED) is 0.813. The summed E-state index contributed by atoms with van der Waals surface area (Å²) in [4.78, 5) is 17.8. The maximum Gasteiger partial charge on any atom is 0.224 e. The van der Waals surface area contributed by atoms with Crippen LogP contribution in [0.15, 0.2) is 12.3 Å². The van der Waals surface area contributed by atoms with Gasteiger partial charge in [0.25, 0.3) is 0 Å². The van der Waals surface area contributed by atoms with E-state index in [1.165, 1.54) is 6.20 Å². The van der Waals surface area contributed by atoms with Crippen molar-refractivity contribution in [3.05, 3.63) is 17.8 Å². The Labute approximate surface area is 117 Å². The Hall–Kier alpha value is -2.33. The number of rotatable bonds is 4. The number of nitrogens with two attached hydrogens (primary N) is 1. The molecule has 0 spiro atoms. The Morgan fingerprint density at radius 2 is 2.30 bits per heavy atom. The molecule has 1 aromatic heterocycles. The summed E-state index contributed by atoms with van der Waals surface area (Å²) in [5, 5.41) is 11.9. The predicted molar refractivity (Wildman–Crippen MR) is 73.9 cm³/mol. The number of nitrogens with zero attached hydrogens (tertiary/aromatic N) is 3. The van der Waals surface area contributed by atoms with E-state index in [4.69, 9.17) is 15.7 Å². The average Bonchev–Trinajstić information content (AvgIpc) is 2.49. The van der Waals surface area contributed by atoms with E-state index in [0.29, 0.717) is 56.3 Å². The number of nitrogen functional groups attached to an aromatic ring is 1. The summed E-state index contributed by atoms with van der Waals surface area (Å²) < 4.78 is 5.20. The van der Waals surface area contributed by atoms with Crippen molar-refractivity contribution in [2.45, 2.75) is 6.42 Å². The molecule has 1 fully saturated rings. The number of hydrogen-bond donors (Lipinski definition) is 2. The Morgan fingerprint density at radius 3 is 3.00 bits per heavy atom. The molecule has 1 aromatic rings. The first-order valence-corrected chi connectivity index (χ1v) is 6.46. The summed E-state index contributed by atoms with van der Waals surface area (Å²) in [6.45, 7) is 2.91. The van der Waals surface area contributed by atoms with Gasteiger partial charge >= 0.3 is 0 Å². The number of morpholine rings is 1. The van der Waals surface area contributed by atoms with Crippen LogP contribution in [0.1, 0.15) is 12.0 Å². The topological polar surface area (TPSA) is 104 Å². The molecule has 1 aliphatic rings. The van der Waals surface area contributed by atoms with Crippen molar-refractivity contribution in [2.24, 2.45) is 0 Å². The van der Waals surface area contributed by atoms with Gasteiger partial charge in [-0.2, -0.15) is 5.26 Å². The molecule has 0 radical (unpaired) electrons. The number of ether oxygens (including phenoxy) is 1. The van der Waals surface area contributed by atoms with Crippen molar-refractivity contribution in [3.63, 3.8) is 0 Å². The second-order valence-electron chi connectivity index (χ2n) is 4.40. The van der Waals surface area contributed by atoms with Gasteiger partial charge in [0.15, 0.2) is 5.82 Å². The summed E-state index contributed by atoms with van der Waals surface area (Å²) in [5.74, 6) is 0.523. The molecule has 1 aliphatic heterocycles. The third-order valence-electron chi connectivity index (χ3n) is 3.11. The number of nitrogens with one attached hydrogen (secondary N) is 1. The maximum atomic E-state index is 11.9. The predicted octanol–water partition coefficient (Wildman–Crippen LogP) is 0.196. The first-order valence-electron chi connectivity index (χ1n) is 6.46. The SMILES string of the molecule is N#Cc1ccnc(NCCC(=O)N2CCOCC2)c1N. The van der Waals surface area contributed by atoms with E-state index >= 15 is 0 Å². The van der Waals surface area contributed by atoms with Crippen LogP contribution in [0.25, 0.3) is 0 Å². The normalized spacial score (nSPS) is 14.7. The first kappa shape index (κ1) is 14.1. The summed E-state index contributed by atoms with van der Waals surface area (Å²) in [7, 11) is 0. The highest BCUT2D eigenvalue weighted by atomic mass is 16.5. The molecule has 2 rings (SSSR count). The summed E-state index contributed by atoms with van der Waals surface area (Å²) in [6.07, 6.45) is 1.87. The lowest BCUT2D eigenvalue weighted by Gasteiger charge is -2.26. The molecule has 0 atom stereocenters. The summed E-state index contributed by atoms with van der Waals surface area (Å²) >= 11 is 0. The number of aromatic nitrogens is 1. The van der Waals surface area contributed by atoms with Crippen molar-refractivity contribution < 1.29 is 9.53 Å². The van der Waals surface area contributed by atoms with Gasteiger partial charge in [0, 0.05) is 32.3 Å². The summed E-state index contributed by atoms with van der Waals surface area (Å²) in [6, 6.07) is 3.55. The lowest BCUT2D eigenvalue weighted by molar-refractivity contribution is -0.134. The number of hydrogen-bond acceptors (Lipinski definition) is 6. The zero-order valence-corrected chi connectivity index (χ0v) is 11.1. The second-order valence-corrected chi connectivity index (χ2v) is 4.40. The van der Waals surface area contributed by atoms with Gasteiger partial charge in [0.2, 0.25) is 5.91 Å². The first-order chi connectivity index (χ1) is 9.72. The van der Waals surface area contributed by atoms with Crippen molar-refractivity contribution in [1.29, 1.82) is 5.26 Å². The molecule has 1 saturated heterocycles. The minimum absolute atomic E-state index is 0.0795. The monoisotopic (exact) mass is 275 g/mol. The molecule has 7 nitrogen and oxygen atoms in total. The van der Waals surface area contributed by atoms with E-state index in [0.717, 1.165) is 0 Å². The standard InChI is InChI=1S/C13H17N5O2/c14-9-10-1-3-16-13(12(10)15)17-4-2-11(19)18-5-7-20-8-6-18/h1,3H,2,4-8,15H2,(H,16,17). The Balaban J connectivity index is 1.84. The van der Waals surface area contributed by atoms with Crippen LogP contribution in [0.4, 0.5) is 11.5 Å². The van der Waals surface area contributed by atoms with Crippen LogP contribution >= 0.6 is 0 Å². The highest BCUT2D eigenvalue weighted by Gasteiger charge is 2.16. The fraction of sp³-hybridized carbons (Fsp3) is 0.462. The highest BCUT2D eigenvalue weighted by Crippen LogP contribution is 2.18. The fourth-order valence-corrected chi connectivity index (χ4v) is 1.97. The van der Waals surface area contributed by atoms with E-state index in [2.05, 4.69) is 10.3 Å². The van der Waals surface area contributed by atoms with Crippen molar-refractivity contribution in [3.8, 4) is 6.07 Å². The molecule has 0 aliphatic carbocycles. The zero-order chi connectivity index (χ0) is 14.4. The smallest absolute Gasteiger partial charge is 0.224 e. The van der Waals surface area contributed by atoms with Gasteiger partial charge in [0.05, 0.1) is 24.5 Å². The van der Waals surface area contributed by atoms with Crippen molar-refractivity contribution >= 4 is 17.4 Å². The highest BCUT2D eigenvalue weighted by molar-refractivity contribution is 5.77. The van der Waals surface area contributed by atoms with Gasteiger partial charge in [-0.1, -0.05) is 0 Å². The average molecular weight is 275 g/mol. The molecule has 0 aromatic carbocycles. The van der Waals surface area contributed by atoms with Gasteiger partial charge in [-0.05, 0) is 6.07 Å². The van der Waals surface area contributed by atoms with Crippen LogP contribution in [0.5, 0.6) is 0 Å². The van der Waals surface area contributed by atoms with E-state index < -0.39 is 0 Å². The minimum atomic E-state index is 0.0795. The van der Waals surface area contributed by atoms with Crippen LogP contribution in [-0.4, -0.2) is 48.6 Å². The third-order valence-corrected chi connectivity index (χ3v) is 3.11. The van der Waals surface area contributed by atoms with Crippen molar-refractivity contribution in [2.75, 3.05) is 43.9 Å². The molecular formula is C13H17N5O2. The van der Waals surface area contributed by atoms with Gasteiger partial charge in [0.1, 0.15) is 6.07 Å². The van der Waals surface area contributed by atoms with E-state index in [1.54, 1.807) is 11.0 Å². The molecule has 1 amide bonds. The van der Waals surface area contributed by atoms with Crippen LogP contribution in [-0.2, 0) is 9.53 Å². The number of pyridine rings is 1. The fourth-order valence-electron chi connectivity index (χ4n) is 1.97. The van der Waals surface area contributed by atoms with Crippen LogP contribution in [0, 0.1) is 11.3 Å². The number of carbonyl (C=O) groups excluding carboxylic acids is 1. The molecule has 0 unspecified atom stereocenters. The third kappa shape index (κ3) is 3.36. The Bertz CT molecular complexity index is 520. The lowest BCUT2D eigenvalue weighted by atomic mass is 10.2. The molecular weight excluding hydrogens is 258 g/mol. The molecule has 20 heavy (non-hydrogen) atoms. The van der Waals surface area contributed by atoms with Gasteiger partial charge in [-0.15, -0.1) is 0 Å². The molecule has 106 valence electrons. The molecule has 0 saturated carbocycles. The largest absolute Gasteiger partial charge is 0.395 e. The van der Waals surface area contributed by atoms with Crippen LogP contribution < -0.4 is 11.1 Å². The van der Waals surface area contributed by atoms with Crippen LogP contribution in [0.3, 0.4) is 0 Å². The minimum Gasteiger partial charge on any atom is -0.395 e. The zero-order valence-electron chi connectivity index (χ0n) is 11.1. The van der Waals surface area contributed by atoms with E-state index in [1.807, 2.05) is 6.07 Å². The molecule has 2 heterocycles. The summed E-state index contributed by atoms with van der Waals surface area (Å²) in [5.41, 5.74) is 6.48. The van der Waals surface area contributed by atoms with E-state index in [-0.39, 0.29) is 5.91 Å². The van der Waals surface area contributed by atoms with Gasteiger partial charge in [-0.25, -0.2) is 4.98 Å². The number of carbonyl (C=O) groups is 1. The number of amides is 1. The van der Waals surface area contributed by atoms with Gasteiger partial charge < -0.3 is 20.7 Å². The number of anilines is 2. The lowest BCUT2D eigenvalue weighted by Crippen LogP contribution is -2.41. The Morgan fingerprint density at radius 1 is 1.55 bits per heavy atom. The second kappa shape index (κ2) is 6.73. The Kier molecular flexibility index (Phi) is 4.74. The molecule has 3 N–H and O–H groups in total. The number of nitriles is 1. The maximum absolute atomic E-state index is 11.9. The molecule has 7 heteroatoms.